The number of nitrogens with zero attached hydrogens (tertiary/aromatic N) is 1. The normalized spacial score (nSPS) is 12.0. The molecule has 0 aromatic carbocycles. The van der Waals surface area contributed by atoms with Crippen LogP contribution >= 0.6 is 0 Å². The van der Waals surface area contributed by atoms with Gasteiger partial charge in [-0.2, -0.15) is 0 Å². The van der Waals surface area contributed by atoms with Crippen LogP contribution in [0.5, 0.6) is 0 Å². The van der Waals surface area contributed by atoms with Gasteiger partial charge in [-0.25, -0.2) is 0 Å². The molecule has 0 aliphatic heterocycles. The predicted molar refractivity (Wildman–Crippen MR) is 114 cm³/mol. The molecule has 0 fully saturated rings. The van der Waals surface area contributed by atoms with E-state index >= 15 is 0 Å². The SMILES string of the molecule is CCCCCCCCCCCCN(OCCO)OCCO.OCC(O)COB(O)O. The maximum absolute atomic E-state index is 8.73. The van der Waals surface area contributed by atoms with Gasteiger partial charge < -0.3 is 35.1 Å². The average molecular weight is 441 g/mol. The fraction of sp³-hybridized carbons (Fsp3) is 1.00. The number of aliphatic hydroxyl groups is 4. The van der Waals surface area contributed by atoms with Gasteiger partial charge in [0.15, 0.2) is 0 Å². The van der Waals surface area contributed by atoms with Gasteiger partial charge in [0, 0.05) is 0 Å². The molecule has 0 heterocycles. The van der Waals surface area contributed by atoms with Crippen molar-refractivity contribution in [3.8, 4) is 0 Å². The highest BCUT2D eigenvalue weighted by Gasteiger charge is 2.11. The lowest BCUT2D eigenvalue weighted by molar-refractivity contribution is -0.371. The van der Waals surface area contributed by atoms with Gasteiger partial charge in [-0.1, -0.05) is 69.9 Å². The van der Waals surface area contributed by atoms with E-state index in [0.29, 0.717) is 6.54 Å². The van der Waals surface area contributed by atoms with Gasteiger partial charge >= 0.3 is 7.32 Å². The average Bonchev–Trinajstić information content (AvgIpc) is 2.75. The molecular formula is C19H44BNO9. The molecule has 0 saturated heterocycles. The fourth-order valence-electron chi connectivity index (χ4n) is 2.43. The summed E-state index contributed by atoms with van der Waals surface area (Å²) in [7, 11) is -1.88. The lowest BCUT2D eigenvalue weighted by Gasteiger charge is -2.20. The summed E-state index contributed by atoms with van der Waals surface area (Å²) in [4.78, 5) is 10.5. The van der Waals surface area contributed by atoms with Crippen LogP contribution < -0.4 is 0 Å². The van der Waals surface area contributed by atoms with E-state index in [2.05, 4.69) is 11.6 Å². The molecule has 0 aliphatic carbocycles. The van der Waals surface area contributed by atoms with Crippen molar-refractivity contribution in [2.45, 2.75) is 77.2 Å². The summed E-state index contributed by atoms with van der Waals surface area (Å²) in [5, 5.41) is 51.6. The number of hydroxylamine groups is 2. The van der Waals surface area contributed by atoms with Crippen molar-refractivity contribution in [3.63, 3.8) is 0 Å². The van der Waals surface area contributed by atoms with E-state index in [1.807, 2.05) is 0 Å². The third-order valence-corrected chi connectivity index (χ3v) is 4.00. The van der Waals surface area contributed by atoms with Crippen LogP contribution in [0.3, 0.4) is 0 Å². The molecule has 1 unspecified atom stereocenters. The summed E-state index contributed by atoms with van der Waals surface area (Å²) >= 11 is 0. The van der Waals surface area contributed by atoms with E-state index in [-0.39, 0.29) is 33.0 Å². The molecular weight excluding hydrogens is 397 g/mol. The van der Waals surface area contributed by atoms with Gasteiger partial charge in [0.1, 0.15) is 0 Å². The Hall–Kier alpha value is -0.335. The largest absolute Gasteiger partial charge is 0.633 e. The Kier molecular flexibility index (Phi) is 28.3. The molecule has 0 rings (SSSR count). The zero-order valence-electron chi connectivity index (χ0n) is 18.5. The number of hydrogen-bond acceptors (Lipinski definition) is 10. The van der Waals surface area contributed by atoms with E-state index in [0.717, 1.165) is 12.8 Å². The topological polar surface area (TPSA) is 152 Å². The second kappa shape index (κ2) is 26.7. The number of aliphatic hydroxyl groups excluding tert-OH is 4. The summed E-state index contributed by atoms with van der Waals surface area (Å²) in [6.07, 6.45) is 11.8. The first-order valence-corrected chi connectivity index (χ1v) is 11.0. The Balaban J connectivity index is 0. The smallest absolute Gasteiger partial charge is 0.402 e. The van der Waals surface area contributed by atoms with Crippen LogP contribution in [0.4, 0.5) is 0 Å². The van der Waals surface area contributed by atoms with Crippen LogP contribution in [0.2, 0.25) is 0 Å². The van der Waals surface area contributed by atoms with Crippen molar-refractivity contribution >= 4 is 7.32 Å². The Labute approximate surface area is 181 Å². The first kappa shape index (κ1) is 31.8. The van der Waals surface area contributed by atoms with Gasteiger partial charge in [-0.15, -0.1) is 0 Å². The summed E-state index contributed by atoms with van der Waals surface area (Å²) in [6.45, 7) is 2.58. The number of hydrogen-bond donors (Lipinski definition) is 6. The van der Waals surface area contributed by atoms with Crippen LogP contribution in [0.15, 0.2) is 0 Å². The second-order valence-corrected chi connectivity index (χ2v) is 6.85. The van der Waals surface area contributed by atoms with Crippen LogP contribution in [-0.4, -0.2) is 95.3 Å². The predicted octanol–water partition coefficient (Wildman–Crippen LogP) is 0.383. The molecule has 0 radical (unpaired) electrons. The van der Waals surface area contributed by atoms with Crippen molar-refractivity contribution in [2.75, 3.05) is 46.2 Å². The molecule has 0 aromatic heterocycles. The Morgan fingerprint density at radius 2 is 1.23 bits per heavy atom. The molecule has 0 saturated carbocycles. The van der Waals surface area contributed by atoms with Gasteiger partial charge in [0.2, 0.25) is 0 Å². The van der Waals surface area contributed by atoms with Crippen molar-refractivity contribution in [1.29, 1.82) is 0 Å². The molecule has 10 nitrogen and oxygen atoms in total. The molecule has 0 spiro atoms. The summed E-state index contributed by atoms with van der Waals surface area (Å²) in [5.41, 5.74) is 0. The zero-order chi connectivity index (χ0) is 22.9. The molecule has 182 valence electrons. The lowest BCUT2D eigenvalue weighted by atomic mass is 10.1. The van der Waals surface area contributed by atoms with Crippen LogP contribution in [-0.2, 0) is 14.3 Å². The quantitative estimate of drug-likeness (QED) is 0.0838. The van der Waals surface area contributed by atoms with Gasteiger partial charge in [-0.3, -0.25) is 9.68 Å². The van der Waals surface area contributed by atoms with E-state index < -0.39 is 20.0 Å². The monoisotopic (exact) mass is 441 g/mol. The maximum Gasteiger partial charge on any atom is 0.633 e. The third kappa shape index (κ3) is 27.7. The molecule has 0 aromatic rings. The zero-order valence-corrected chi connectivity index (χ0v) is 18.5. The van der Waals surface area contributed by atoms with Crippen molar-refractivity contribution in [1.82, 2.24) is 5.23 Å². The highest BCUT2D eigenvalue weighted by atomic mass is 16.9. The van der Waals surface area contributed by atoms with Crippen molar-refractivity contribution in [3.05, 3.63) is 0 Å². The molecule has 0 bridgehead atoms. The van der Waals surface area contributed by atoms with Crippen molar-refractivity contribution in [2.24, 2.45) is 0 Å². The highest BCUT2D eigenvalue weighted by Crippen LogP contribution is 2.11. The Morgan fingerprint density at radius 1 is 0.767 bits per heavy atom. The summed E-state index contributed by atoms with van der Waals surface area (Å²) in [6, 6.07) is 0. The van der Waals surface area contributed by atoms with Crippen LogP contribution in [0.1, 0.15) is 71.1 Å². The Bertz CT molecular complexity index is 310. The van der Waals surface area contributed by atoms with Gasteiger partial charge in [-0.05, 0) is 6.42 Å². The molecule has 0 amide bonds. The minimum Gasteiger partial charge on any atom is -0.402 e. The van der Waals surface area contributed by atoms with Crippen LogP contribution in [0.25, 0.3) is 0 Å². The van der Waals surface area contributed by atoms with E-state index in [9.17, 15) is 0 Å². The standard InChI is InChI=1S/C16H35NO4.C3H9BO5/c1-2-3-4-5-6-7-8-9-10-11-12-17(20-15-13-18)21-16-14-19;5-1-3(6)2-9-4(7)8/h18-19H,2-16H2,1H3;3,5-8H,1-2H2. The van der Waals surface area contributed by atoms with Crippen molar-refractivity contribution < 1.29 is 44.8 Å². The first-order valence-electron chi connectivity index (χ1n) is 11.0. The molecule has 6 N–H and O–H groups in total. The fourth-order valence-corrected chi connectivity index (χ4v) is 2.43. The minimum absolute atomic E-state index is 0.0307. The van der Waals surface area contributed by atoms with E-state index in [1.54, 1.807) is 0 Å². The lowest BCUT2D eigenvalue weighted by Crippen LogP contribution is -2.28. The van der Waals surface area contributed by atoms with E-state index in [1.165, 1.54) is 56.6 Å². The summed E-state index contributed by atoms with van der Waals surface area (Å²) in [5.74, 6) is 0. The minimum atomic E-state index is -1.88. The van der Waals surface area contributed by atoms with Crippen LogP contribution in [0, 0.1) is 0 Å². The van der Waals surface area contributed by atoms with E-state index in [4.69, 9.17) is 40.1 Å². The molecule has 0 aliphatic rings. The van der Waals surface area contributed by atoms with Gasteiger partial charge in [0.25, 0.3) is 0 Å². The Morgan fingerprint density at radius 3 is 1.63 bits per heavy atom. The second-order valence-electron chi connectivity index (χ2n) is 6.85. The molecule has 1 atom stereocenters. The molecule has 30 heavy (non-hydrogen) atoms. The maximum atomic E-state index is 8.73. The first-order chi connectivity index (χ1) is 14.5. The van der Waals surface area contributed by atoms with Gasteiger partial charge in [0.05, 0.1) is 52.3 Å². The number of rotatable bonds is 21. The molecule has 11 heteroatoms. The number of unbranched alkanes of at least 4 members (excludes halogenated alkanes) is 9. The third-order valence-electron chi connectivity index (χ3n) is 4.00. The summed E-state index contributed by atoms with van der Waals surface area (Å²) < 4.78 is 4.10. The highest BCUT2D eigenvalue weighted by molar-refractivity contribution is 6.32.